The minimum atomic E-state index is -0.611. The normalized spacial score (nSPS) is 11.8. The fourth-order valence-corrected chi connectivity index (χ4v) is 3.04. The molecule has 134 valence electrons. The van der Waals surface area contributed by atoms with Crippen LogP contribution in [0.25, 0.3) is 10.6 Å². The number of benzene rings is 1. The van der Waals surface area contributed by atoms with Crippen LogP contribution in [0.4, 0.5) is 5.13 Å². The van der Waals surface area contributed by atoms with Gasteiger partial charge in [0.2, 0.25) is 16.9 Å². The molecule has 0 saturated carbocycles. The molecule has 0 aliphatic heterocycles. The minimum Gasteiger partial charge on any atom is -0.345 e. The third-order valence-corrected chi connectivity index (χ3v) is 4.59. The Morgan fingerprint density at radius 3 is 2.76 bits per heavy atom. The van der Waals surface area contributed by atoms with Gasteiger partial charge in [0.25, 0.3) is 0 Å². The molecule has 7 heteroatoms. The summed E-state index contributed by atoms with van der Waals surface area (Å²) in [5, 5.41) is 14.7. The lowest BCUT2D eigenvalue weighted by atomic mass is 10.1. The zero-order valence-electron chi connectivity index (χ0n) is 14.8. The van der Waals surface area contributed by atoms with Gasteiger partial charge in [-0.15, -0.1) is 10.2 Å². The maximum absolute atomic E-state index is 12.2. The highest BCUT2D eigenvalue weighted by molar-refractivity contribution is 7.18. The Balaban J connectivity index is 1.89. The van der Waals surface area contributed by atoms with Crippen molar-refractivity contribution < 1.29 is 9.59 Å². The highest BCUT2D eigenvalue weighted by Crippen LogP contribution is 2.26. The van der Waals surface area contributed by atoms with E-state index in [-0.39, 0.29) is 11.8 Å². The number of amides is 2. The molecule has 1 aromatic carbocycles. The number of aryl methyl sites for hydroxylation is 1. The largest absolute Gasteiger partial charge is 0.345 e. The molecule has 1 aromatic heterocycles. The maximum atomic E-state index is 12.2. The fourth-order valence-electron chi connectivity index (χ4n) is 2.30. The molecule has 0 bridgehead atoms. The summed E-state index contributed by atoms with van der Waals surface area (Å²) in [5.74, 6) is -0.399. The summed E-state index contributed by atoms with van der Waals surface area (Å²) in [5.41, 5.74) is 2.10. The molecule has 2 aromatic rings. The Morgan fingerprint density at radius 1 is 1.24 bits per heavy atom. The number of aromatic nitrogens is 2. The summed E-state index contributed by atoms with van der Waals surface area (Å²) >= 11 is 1.31. The topological polar surface area (TPSA) is 84.0 Å². The highest BCUT2D eigenvalue weighted by Gasteiger charge is 2.17. The Kier molecular flexibility index (Phi) is 7.06. The van der Waals surface area contributed by atoms with Gasteiger partial charge < -0.3 is 5.32 Å². The van der Waals surface area contributed by atoms with Crippen molar-refractivity contribution in [2.24, 2.45) is 0 Å². The third-order valence-electron chi connectivity index (χ3n) is 3.70. The summed E-state index contributed by atoms with van der Waals surface area (Å²) in [6, 6.07) is 7.34. The van der Waals surface area contributed by atoms with Gasteiger partial charge in [-0.05, 0) is 26.3 Å². The van der Waals surface area contributed by atoms with Crippen LogP contribution >= 0.6 is 11.3 Å². The number of carbonyl (C=O) groups excluding carboxylic acids is 2. The van der Waals surface area contributed by atoms with Crippen LogP contribution in [-0.2, 0) is 9.59 Å². The number of rotatable bonds is 8. The fraction of sp³-hybridized carbons (Fsp3) is 0.444. The molecule has 1 heterocycles. The van der Waals surface area contributed by atoms with Crippen LogP contribution in [0.3, 0.4) is 0 Å². The number of hydrogen-bond donors (Lipinski definition) is 2. The Hall–Kier alpha value is -2.28. The van der Waals surface area contributed by atoms with Crippen molar-refractivity contribution >= 4 is 28.3 Å². The van der Waals surface area contributed by atoms with Gasteiger partial charge >= 0.3 is 0 Å². The summed E-state index contributed by atoms with van der Waals surface area (Å²) in [6.45, 7) is 5.76. The Morgan fingerprint density at radius 2 is 2.04 bits per heavy atom. The number of unbranched alkanes of at least 4 members (excludes halogenated alkanes) is 2. The average molecular weight is 360 g/mol. The molecular weight excluding hydrogens is 336 g/mol. The van der Waals surface area contributed by atoms with E-state index in [4.69, 9.17) is 0 Å². The molecular formula is C18H24N4O2S. The van der Waals surface area contributed by atoms with Crippen LogP contribution in [0.5, 0.6) is 0 Å². The quantitative estimate of drug-likeness (QED) is 0.705. The van der Waals surface area contributed by atoms with Crippen LogP contribution in [0.15, 0.2) is 24.3 Å². The van der Waals surface area contributed by atoms with E-state index in [1.165, 1.54) is 11.3 Å². The summed E-state index contributed by atoms with van der Waals surface area (Å²) in [6.07, 6.45) is 3.36. The van der Waals surface area contributed by atoms with Crippen molar-refractivity contribution in [3.05, 3.63) is 29.8 Å². The minimum absolute atomic E-state index is 0.103. The lowest BCUT2D eigenvalue weighted by molar-refractivity contribution is -0.126. The first-order valence-corrected chi connectivity index (χ1v) is 9.32. The van der Waals surface area contributed by atoms with Gasteiger partial charge in [0, 0.05) is 12.0 Å². The van der Waals surface area contributed by atoms with Crippen molar-refractivity contribution in [1.82, 2.24) is 15.5 Å². The van der Waals surface area contributed by atoms with Crippen LogP contribution in [0, 0.1) is 6.92 Å². The van der Waals surface area contributed by atoms with Crippen molar-refractivity contribution in [2.75, 3.05) is 5.32 Å². The van der Waals surface area contributed by atoms with Gasteiger partial charge in [0.05, 0.1) is 0 Å². The van der Waals surface area contributed by atoms with E-state index in [0.29, 0.717) is 11.6 Å². The smallest absolute Gasteiger partial charge is 0.248 e. The summed E-state index contributed by atoms with van der Waals surface area (Å²) in [7, 11) is 0. The van der Waals surface area contributed by atoms with Crippen LogP contribution in [-0.4, -0.2) is 28.1 Å². The Bertz CT molecular complexity index is 729. The molecule has 0 fully saturated rings. The number of nitrogens with zero attached hydrogens (tertiary/aromatic N) is 2. The van der Waals surface area contributed by atoms with E-state index in [9.17, 15) is 9.59 Å². The van der Waals surface area contributed by atoms with Crippen molar-refractivity contribution in [2.45, 2.75) is 52.5 Å². The first-order valence-electron chi connectivity index (χ1n) is 8.50. The van der Waals surface area contributed by atoms with Crippen LogP contribution in [0.2, 0.25) is 0 Å². The first kappa shape index (κ1) is 19.1. The van der Waals surface area contributed by atoms with E-state index >= 15 is 0 Å². The van der Waals surface area contributed by atoms with Gasteiger partial charge in [-0.25, -0.2) is 0 Å². The molecule has 0 aliphatic rings. The molecule has 1 atom stereocenters. The Labute approximate surface area is 152 Å². The van der Waals surface area contributed by atoms with Gasteiger partial charge in [-0.2, -0.15) is 0 Å². The average Bonchev–Trinajstić information content (AvgIpc) is 3.03. The lowest BCUT2D eigenvalue weighted by Crippen LogP contribution is -2.41. The monoisotopic (exact) mass is 360 g/mol. The van der Waals surface area contributed by atoms with Gasteiger partial charge in [0.1, 0.15) is 11.0 Å². The van der Waals surface area contributed by atoms with Crippen molar-refractivity contribution in [1.29, 1.82) is 0 Å². The molecule has 0 saturated heterocycles. The van der Waals surface area contributed by atoms with Gasteiger partial charge in [0.15, 0.2) is 0 Å². The highest BCUT2D eigenvalue weighted by atomic mass is 32.1. The predicted molar refractivity (Wildman–Crippen MR) is 100 cm³/mol. The van der Waals surface area contributed by atoms with Gasteiger partial charge in [-0.1, -0.05) is 54.9 Å². The van der Waals surface area contributed by atoms with E-state index in [0.717, 1.165) is 35.4 Å². The van der Waals surface area contributed by atoms with Gasteiger partial charge in [-0.3, -0.25) is 14.9 Å². The zero-order chi connectivity index (χ0) is 18.2. The number of anilines is 1. The molecule has 0 radical (unpaired) electrons. The first-order chi connectivity index (χ1) is 12.0. The second kappa shape index (κ2) is 9.27. The van der Waals surface area contributed by atoms with E-state index in [1.807, 2.05) is 31.2 Å². The number of hydrogen-bond acceptors (Lipinski definition) is 5. The van der Waals surface area contributed by atoms with Crippen LogP contribution < -0.4 is 10.6 Å². The maximum Gasteiger partial charge on any atom is 0.248 e. The second-order valence-corrected chi connectivity index (χ2v) is 6.99. The molecule has 2 N–H and O–H groups in total. The molecule has 25 heavy (non-hydrogen) atoms. The molecule has 0 spiro atoms. The van der Waals surface area contributed by atoms with E-state index in [1.54, 1.807) is 6.92 Å². The second-order valence-electron chi connectivity index (χ2n) is 6.02. The van der Waals surface area contributed by atoms with Crippen molar-refractivity contribution in [3.8, 4) is 10.6 Å². The van der Waals surface area contributed by atoms with Crippen molar-refractivity contribution in [3.63, 3.8) is 0 Å². The molecule has 2 amide bonds. The number of carbonyl (C=O) groups is 2. The SMILES string of the molecule is CCCCCC(=O)N[C@@H](C)C(=O)Nc1nnc(-c2cccc(C)c2)s1. The zero-order valence-corrected chi connectivity index (χ0v) is 15.7. The molecule has 0 unspecified atom stereocenters. The summed E-state index contributed by atoms with van der Waals surface area (Å²) in [4.78, 5) is 24.0. The number of nitrogens with one attached hydrogen (secondary N) is 2. The van der Waals surface area contributed by atoms with E-state index < -0.39 is 6.04 Å². The summed E-state index contributed by atoms with van der Waals surface area (Å²) < 4.78 is 0. The van der Waals surface area contributed by atoms with E-state index in [2.05, 4.69) is 27.8 Å². The standard InChI is InChI=1S/C18H24N4O2S/c1-4-5-6-10-15(23)19-13(3)16(24)20-18-22-21-17(25-18)14-9-7-8-12(2)11-14/h7-9,11,13H,4-6,10H2,1-3H3,(H,19,23)(H,20,22,24)/t13-/m0/s1. The molecule has 0 aliphatic carbocycles. The predicted octanol–water partition coefficient (Wildman–Crippen LogP) is 3.54. The lowest BCUT2D eigenvalue weighted by Gasteiger charge is -2.12. The molecule has 6 nitrogen and oxygen atoms in total. The third kappa shape index (κ3) is 5.94. The van der Waals surface area contributed by atoms with Crippen LogP contribution in [0.1, 0.15) is 45.1 Å². The molecule has 2 rings (SSSR count).